The standard InChI is InChI=1S/C20H22F2N6O2/c1-3-30-11-6-13(21)12(14(22)7-11)8-28-16(10-4-5-10)9(2)15(27-28)20-25-18(23)17(29)19(24)26-20/h6-7,10,29H,3-5,8H2,1-2H3,(H4,23,24,25,26). The van der Waals surface area contributed by atoms with Crippen LogP contribution < -0.4 is 16.2 Å². The molecule has 0 saturated heterocycles. The molecular formula is C20H22F2N6O2. The molecule has 1 fully saturated rings. The molecule has 0 spiro atoms. The topological polar surface area (TPSA) is 125 Å². The van der Waals surface area contributed by atoms with Gasteiger partial charge in [-0.05, 0) is 26.7 Å². The van der Waals surface area contributed by atoms with Crippen molar-refractivity contribution in [3.05, 3.63) is 40.6 Å². The van der Waals surface area contributed by atoms with Gasteiger partial charge in [0.2, 0.25) is 5.75 Å². The summed E-state index contributed by atoms with van der Waals surface area (Å²) >= 11 is 0. The number of hydrogen-bond acceptors (Lipinski definition) is 7. The highest BCUT2D eigenvalue weighted by Gasteiger charge is 2.32. The normalized spacial score (nSPS) is 13.6. The van der Waals surface area contributed by atoms with E-state index in [-0.39, 0.29) is 41.2 Å². The Morgan fingerprint density at radius 1 is 1.17 bits per heavy atom. The minimum absolute atomic E-state index is 0.0974. The molecule has 0 aliphatic heterocycles. The van der Waals surface area contributed by atoms with Gasteiger partial charge in [-0.1, -0.05) is 0 Å². The number of anilines is 2. The smallest absolute Gasteiger partial charge is 0.201 e. The van der Waals surface area contributed by atoms with Crippen molar-refractivity contribution >= 4 is 11.6 Å². The zero-order valence-electron chi connectivity index (χ0n) is 16.6. The maximum atomic E-state index is 14.6. The molecule has 158 valence electrons. The number of benzene rings is 1. The number of rotatable bonds is 6. The lowest BCUT2D eigenvalue weighted by molar-refractivity contribution is 0.335. The van der Waals surface area contributed by atoms with Gasteiger partial charge < -0.3 is 21.3 Å². The highest BCUT2D eigenvalue weighted by Crippen LogP contribution is 2.44. The Bertz CT molecular complexity index is 1080. The van der Waals surface area contributed by atoms with Gasteiger partial charge in [0.05, 0.1) is 13.2 Å². The van der Waals surface area contributed by atoms with Crippen molar-refractivity contribution in [3.63, 3.8) is 0 Å². The van der Waals surface area contributed by atoms with Crippen LogP contribution in [0.25, 0.3) is 11.5 Å². The molecule has 4 rings (SSSR count). The fourth-order valence-corrected chi connectivity index (χ4v) is 3.50. The van der Waals surface area contributed by atoms with E-state index in [0.717, 1.165) is 24.1 Å². The predicted molar refractivity (Wildman–Crippen MR) is 107 cm³/mol. The second kappa shape index (κ2) is 7.43. The van der Waals surface area contributed by atoms with Crippen molar-refractivity contribution in [1.82, 2.24) is 19.7 Å². The lowest BCUT2D eigenvalue weighted by atomic mass is 10.1. The van der Waals surface area contributed by atoms with Crippen molar-refractivity contribution < 1.29 is 18.6 Å². The van der Waals surface area contributed by atoms with Gasteiger partial charge in [-0.25, -0.2) is 18.7 Å². The zero-order chi connectivity index (χ0) is 21.6. The number of nitrogens with zero attached hydrogens (tertiary/aromatic N) is 4. The van der Waals surface area contributed by atoms with E-state index in [0.29, 0.717) is 12.3 Å². The number of halogens is 2. The average Bonchev–Trinajstić information content (AvgIpc) is 3.46. The van der Waals surface area contributed by atoms with Crippen LogP contribution in [0.3, 0.4) is 0 Å². The first-order valence-electron chi connectivity index (χ1n) is 9.60. The molecule has 5 N–H and O–H groups in total. The molecule has 1 aliphatic rings. The lowest BCUT2D eigenvalue weighted by Gasteiger charge is -2.11. The molecule has 0 radical (unpaired) electrons. The maximum absolute atomic E-state index is 14.6. The molecular weight excluding hydrogens is 394 g/mol. The van der Waals surface area contributed by atoms with Gasteiger partial charge in [0.1, 0.15) is 23.1 Å². The Balaban J connectivity index is 1.78. The minimum Gasteiger partial charge on any atom is -0.502 e. The van der Waals surface area contributed by atoms with Gasteiger partial charge in [-0.3, -0.25) is 4.68 Å². The summed E-state index contributed by atoms with van der Waals surface area (Å²) in [6.45, 7) is 3.80. The monoisotopic (exact) mass is 416 g/mol. The van der Waals surface area contributed by atoms with Crippen LogP contribution in [-0.2, 0) is 6.54 Å². The molecule has 1 aromatic carbocycles. The SMILES string of the molecule is CCOc1cc(F)c(Cn2nc(-c3nc(N)c(O)c(N)n3)c(C)c2C2CC2)c(F)c1. The van der Waals surface area contributed by atoms with Crippen LogP contribution in [0.1, 0.15) is 42.5 Å². The van der Waals surface area contributed by atoms with Crippen LogP contribution in [0.5, 0.6) is 11.5 Å². The van der Waals surface area contributed by atoms with E-state index >= 15 is 0 Å². The Morgan fingerprint density at radius 2 is 1.77 bits per heavy atom. The first-order valence-corrected chi connectivity index (χ1v) is 9.60. The molecule has 3 aromatic rings. The van der Waals surface area contributed by atoms with Crippen LogP contribution in [0.4, 0.5) is 20.4 Å². The number of aromatic nitrogens is 4. The fourth-order valence-electron chi connectivity index (χ4n) is 3.50. The summed E-state index contributed by atoms with van der Waals surface area (Å²) < 4.78 is 36.0. The Hall–Kier alpha value is -3.43. The molecule has 1 saturated carbocycles. The number of aromatic hydroxyl groups is 1. The Morgan fingerprint density at radius 3 is 2.30 bits per heavy atom. The largest absolute Gasteiger partial charge is 0.502 e. The Labute approximate surface area is 171 Å². The van der Waals surface area contributed by atoms with Crippen LogP contribution in [0, 0.1) is 18.6 Å². The summed E-state index contributed by atoms with van der Waals surface area (Å²) in [6.07, 6.45) is 1.92. The first kappa shape index (κ1) is 19.9. The highest BCUT2D eigenvalue weighted by atomic mass is 19.1. The van der Waals surface area contributed by atoms with E-state index in [1.807, 2.05) is 6.92 Å². The summed E-state index contributed by atoms with van der Waals surface area (Å²) in [5, 5.41) is 14.3. The van der Waals surface area contributed by atoms with Gasteiger partial charge in [-0.2, -0.15) is 5.10 Å². The van der Waals surface area contributed by atoms with E-state index < -0.39 is 17.4 Å². The lowest BCUT2D eigenvalue weighted by Crippen LogP contribution is -2.10. The van der Waals surface area contributed by atoms with Crippen LogP contribution >= 0.6 is 0 Å². The molecule has 2 aromatic heterocycles. The average molecular weight is 416 g/mol. The molecule has 2 heterocycles. The third kappa shape index (κ3) is 3.49. The second-order valence-corrected chi connectivity index (χ2v) is 7.26. The van der Waals surface area contributed by atoms with Crippen molar-refractivity contribution in [1.29, 1.82) is 0 Å². The molecule has 0 atom stereocenters. The van der Waals surface area contributed by atoms with Crippen LogP contribution in [0.15, 0.2) is 12.1 Å². The molecule has 0 unspecified atom stereocenters. The Kier molecular flexibility index (Phi) is 4.92. The second-order valence-electron chi connectivity index (χ2n) is 7.26. The van der Waals surface area contributed by atoms with E-state index in [2.05, 4.69) is 15.1 Å². The summed E-state index contributed by atoms with van der Waals surface area (Å²) in [4.78, 5) is 8.14. The van der Waals surface area contributed by atoms with E-state index in [4.69, 9.17) is 16.2 Å². The summed E-state index contributed by atoms with van der Waals surface area (Å²) in [6, 6.07) is 2.33. The van der Waals surface area contributed by atoms with Gasteiger partial charge in [0.15, 0.2) is 17.5 Å². The minimum atomic E-state index is -0.704. The number of nitrogen functional groups attached to an aromatic ring is 2. The van der Waals surface area contributed by atoms with Crippen molar-refractivity contribution in [2.24, 2.45) is 0 Å². The third-order valence-corrected chi connectivity index (χ3v) is 5.09. The highest BCUT2D eigenvalue weighted by molar-refractivity contribution is 5.66. The molecule has 8 nitrogen and oxygen atoms in total. The molecule has 1 aliphatic carbocycles. The number of ether oxygens (including phenoxy) is 1. The summed E-state index contributed by atoms with van der Waals surface area (Å²) in [5.41, 5.74) is 13.3. The van der Waals surface area contributed by atoms with E-state index in [1.54, 1.807) is 11.6 Å². The summed E-state index contributed by atoms with van der Waals surface area (Å²) in [5.74, 6) is -1.60. The molecule has 0 amide bonds. The fraction of sp³-hybridized carbons (Fsp3) is 0.350. The maximum Gasteiger partial charge on any atom is 0.201 e. The number of nitrogens with two attached hydrogens (primary N) is 2. The third-order valence-electron chi connectivity index (χ3n) is 5.09. The van der Waals surface area contributed by atoms with Gasteiger partial charge in [0.25, 0.3) is 0 Å². The van der Waals surface area contributed by atoms with E-state index in [9.17, 15) is 13.9 Å². The van der Waals surface area contributed by atoms with Crippen molar-refractivity contribution in [2.45, 2.75) is 39.2 Å². The first-order chi connectivity index (χ1) is 14.3. The van der Waals surface area contributed by atoms with Gasteiger partial charge in [0, 0.05) is 34.9 Å². The van der Waals surface area contributed by atoms with Crippen molar-refractivity contribution in [3.8, 4) is 23.0 Å². The predicted octanol–water partition coefficient (Wildman–Crippen LogP) is 3.12. The van der Waals surface area contributed by atoms with Crippen molar-refractivity contribution in [2.75, 3.05) is 18.1 Å². The summed E-state index contributed by atoms with van der Waals surface area (Å²) in [7, 11) is 0. The number of hydrogen-bond donors (Lipinski definition) is 3. The molecule has 10 heteroatoms. The van der Waals surface area contributed by atoms with E-state index in [1.165, 1.54) is 12.1 Å². The van der Waals surface area contributed by atoms with Gasteiger partial charge >= 0.3 is 0 Å². The quantitative estimate of drug-likeness (QED) is 0.564. The molecule has 30 heavy (non-hydrogen) atoms. The van der Waals surface area contributed by atoms with Gasteiger partial charge in [-0.15, -0.1) is 0 Å². The van der Waals surface area contributed by atoms with Crippen LogP contribution in [0.2, 0.25) is 0 Å². The molecule has 0 bridgehead atoms. The van der Waals surface area contributed by atoms with Crippen LogP contribution in [-0.4, -0.2) is 31.5 Å². The zero-order valence-corrected chi connectivity index (χ0v) is 16.6.